The van der Waals surface area contributed by atoms with Crippen LogP contribution in [0.4, 0.5) is 0 Å². The van der Waals surface area contributed by atoms with E-state index in [0.29, 0.717) is 15.0 Å². The molecule has 0 radical (unpaired) electrons. The smallest absolute Gasteiger partial charge is 0.241 e. The molecule has 0 bridgehead atoms. The van der Waals surface area contributed by atoms with Gasteiger partial charge in [0.25, 0.3) is 0 Å². The number of nitrogens with zero attached hydrogens (tertiary/aromatic N) is 1. The number of halogens is 1. The Morgan fingerprint density at radius 3 is 2.39 bits per heavy atom. The molecule has 0 saturated carbocycles. The predicted octanol–water partition coefficient (Wildman–Crippen LogP) is 5.45. The quantitative estimate of drug-likeness (QED) is 0.552. The van der Waals surface area contributed by atoms with Crippen LogP contribution in [-0.2, 0) is 14.8 Å². The predicted molar refractivity (Wildman–Crippen MR) is 131 cm³/mol. The van der Waals surface area contributed by atoms with Crippen molar-refractivity contribution in [2.24, 2.45) is 10.9 Å². The fraction of sp³-hybridized carbons (Fsp3) is 0.364. The highest BCUT2D eigenvalue weighted by Gasteiger charge is 2.54. The van der Waals surface area contributed by atoms with Crippen molar-refractivity contribution in [2.45, 2.75) is 44.2 Å². The number of aliphatic imine (C=N–C) groups is 1. The summed E-state index contributed by atoms with van der Waals surface area (Å²) in [5.41, 5.74) is 0.160. The monoisotopic (exact) mass is 496 g/mol. The molecule has 1 aliphatic rings. The van der Waals surface area contributed by atoms with Crippen LogP contribution in [0.5, 0.6) is 0 Å². The van der Waals surface area contributed by atoms with Crippen molar-refractivity contribution in [3.05, 3.63) is 64.7 Å². The SMILES string of the molecule is CCSC1=N[C@@](C(C)C)([C@H](NS(=O)(=O)c2ccc(C)cc2)c2ccccc2Cl)C(=O)S1. The maximum atomic E-state index is 13.4. The van der Waals surface area contributed by atoms with Crippen LogP contribution in [0.1, 0.15) is 37.9 Å². The molecule has 1 heterocycles. The first-order chi connectivity index (χ1) is 14.6. The molecule has 1 aliphatic heterocycles. The van der Waals surface area contributed by atoms with Gasteiger partial charge >= 0.3 is 0 Å². The Bertz CT molecular complexity index is 1100. The van der Waals surface area contributed by atoms with E-state index in [9.17, 15) is 13.2 Å². The van der Waals surface area contributed by atoms with Crippen molar-refractivity contribution in [3.8, 4) is 0 Å². The minimum absolute atomic E-state index is 0.124. The van der Waals surface area contributed by atoms with Crippen molar-refractivity contribution >= 4 is 54.6 Å². The Labute approximate surface area is 197 Å². The highest BCUT2D eigenvalue weighted by atomic mass is 35.5. The molecule has 0 unspecified atom stereocenters. The molecule has 31 heavy (non-hydrogen) atoms. The zero-order valence-corrected chi connectivity index (χ0v) is 21.0. The minimum Gasteiger partial charge on any atom is -0.284 e. The molecule has 3 rings (SSSR count). The summed E-state index contributed by atoms with van der Waals surface area (Å²) in [5.74, 6) is 0.489. The van der Waals surface area contributed by atoms with E-state index < -0.39 is 21.6 Å². The number of carbonyl (C=O) groups excluding carboxylic acids is 1. The van der Waals surface area contributed by atoms with Gasteiger partial charge in [-0.2, -0.15) is 0 Å². The molecule has 2 aromatic rings. The Morgan fingerprint density at radius 2 is 1.81 bits per heavy atom. The number of hydrogen-bond acceptors (Lipinski definition) is 6. The zero-order chi connectivity index (χ0) is 22.8. The van der Waals surface area contributed by atoms with Crippen molar-refractivity contribution in [1.82, 2.24) is 4.72 Å². The average molecular weight is 497 g/mol. The minimum atomic E-state index is -3.95. The van der Waals surface area contributed by atoms with Crippen LogP contribution in [0, 0.1) is 12.8 Å². The Hall–Kier alpha value is -1.32. The van der Waals surface area contributed by atoms with Crippen LogP contribution < -0.4 is 4.72 Å². The molecule has 0 fully saturated rings. The number of hydrogen-bond donors (Lipinski definition) is 1. The summed E-state index contributed by atoms with van der Waals surface area (Å²) in [6, 6.07) is 12.6. The van der Waals surface area contributed by atoms with Gasteiger partial charge in [0, 0.05) is 5.02 Å². The lowest BCUT2D eigenvalue weighted by molar-refractivity contribution is -0.117. The van der Waals surface area contributed by atoms with E-state index in [0.717, 1.165) is 23.1 Å². The van der Waals surface area contributed by atoms with Crippen molar-refractivity contribution < 1.29 is 13.2 Å². The van der Waals surface area contributed by atoms with E-state index in [4.69, 9.17) is 16.6 Å². The summed E-state index contributed by atoms with van der Waals surface area (Å²) in [7, 11) is -3.95. The highest BCUT2D eigenvalue weighted by Crippen LogP contribution is 2.48. The summed E-state index contributed by atoms with van der Waals surface area (Å²) >= 11 is 9.05. The topological polar surface area (TPSA) is 75.6 Å². The van der Waals surface area contributed by atoms with E-state index in [2.05, 4.69) is 4.72 Å². The number of aryl methyl sites for hydroxylation is 1. The molecule has 1 N–H and O–H groups in total. The maximum absolute atomic E-state index is 13.4. The lowest BCUT2D eigenvalue weighted by atomic mass is 9.78. The average Bonchev–Trinajstić information content (AvgIpc) is 3.04. The van der Waals surface area contributed by atoms with E-state index in [1.165, 1.54) is 11.8 Å². The molecule has 0 aliphatic carbocycles. The molecule has 0 aromatic heterocycles. The molecule has 0 spiro atoms. The van der Waals surface area contributed by atoms with Gasteiger partial charge in [0.05, 0.1) is 10.9 Å². The second-order valence-corrected chi connectivity index (χ2v) is 12.2. The molecule has 2 aromatic carbocycles. The molecular weight excluding hydrogens is 472 g/mol. The largest absolute Gasteiger partial charge is 0.284 e. The normalized spacial score (nSPS) is 20.2. The van der Waals surface area contributed by atoms with Crippen LogP contribution in [0.15, 0.2) is 58.4 Å². The summed E-state index contributed by atoms with van der Waals surface area (Å²) in [6.07, 6.45) is 0. The van der Waals surface area contributed by atoms with Crippen LogP contribution >= 0.6 is 35.1 Å². The maximum Gasteiger partial charge on any atom is 0.241 e. The number of carbonyl (C=O) groups is 1. The second-order valence-electron chi connectivity index (χ2n) is 7.57. The van der Waals surface area contributed by atoms with Gasteiger partial charge in [0.1, 0.15) is 4.38 Å². The first-order valence-electron chi connectivity index (χ1n) is 9.90. The lowest BCUT2D eigenvalue weighted by Gasteiger charge is -2.37. The number of rotatable bonds is 7. The van der Waals surface area contributed by atoms with Crippen LogP contribution in [0.25, 0.3) is 0 Å². The summed E-state index contributed by atoms with van der Waals surface area (Å²) in [4.78, 5) is 18.3. The number of sulfonamides is 1. The Morgan fingerprint density at radius 1 is 1.16 bits per heavy atom. The third-order valence-corrected chi connectivity index (χ3v) is 8.98. The standard InChI is InChI=1S/C22H25ClN2O3S3/c1-5-29-21-24-22(14(2)3,20(26)30-21)19(17-8-6-7-9-18(17)23)25-31(27,28)16-12-10-15(4)11-13-16/h6-14,19,25H,5H2,1-4H3/t19-,22+/m1/s1. The van der Waals surface area contributed by atoms with E-state index in [-0.39, 0.29) is 15.9 Å². The molecule has 5 nitrogen and oxygen atoms in total. The molecule has 0 amide bonds. The van der Waals surface area contributed by atoms with Crippen molar-refractivity contribution in [2.75, 3.05) is 5.75 Å². The number of benzene rings is 2. The number of thioether (sulfide) groups is 2. The third kappa shape index (κ3) is 4.88. The van der Waals surface area contributed by atoms with Gasteiger partial charge < -0.3 is 0 Å². The van der Waals surface area contributed by atoms with Gasteiger partial charge in [-0.1, -0.05) is 80.0 Å². The van der Waals surface area contributed by atoms with Crippen molar-refractivity contribution in [3.63, 3.8) is 0 Å². The van der Waals surface area contributed by atoms with Crippen LogP contribution in [0.3, 0.4) is 0 Å². The first-order valence-corrected chi connectivity index (χ1v) is 13.6. The zero-order valence-electron chi connectivity index (χ0n) is 17.8. The molecule has 9 heteroatoms. The van der Waals surface area contributed by atoms with E-state index in [1.54, 1.807) is 48.5 Å². The molecule has 0 saturated heterocycles. The molecule has 166 valence electrons. The van der Waals surface area contributed by atoms with Gasteiger partial charge in [-0.15, -0.1) is 0 Å². The Balaban J connectivity index is 2.18. The van der Waals surface area contributed by atoms with Crippen LogP contribution in [0.2, 0.25) is 5.02 Å². The summed E-state index contributed by atoms with van der Waals surface area (Å²) in [6.45, 7) is 7.64. The van der Waals surface area contributed by atoms with Crippen LogP contribution in [-0.4, -0.2) is 29.2 Å². The molecular formula is C22H25ClN2O3S3. The van der Waals surface area contributed by atoms with Gasteiger partial charge in [-0.3, -0.25) is 9.79 Å². The second kappa shape index (κ2) is 9.67. The fourth-order valence-corrected chi connectivity index (χ4v) is 7.18. The molecule has 2 atom stereocenters. The van der Waals surface area contributed by atoms with Crippen molar-refractivity contribution in [1.29, 1.82) is 0 Å². The third-order valence-electron chi connectivity index (χ3n) is 5.19. The highest BCUT2D eigenvalue weighted by molar-refractivity contribution is 8.45. The summed E-state index contributed by atoms with van der Waals surface area (Å²) < 4.78 is 30.1. The first kappa shape index (κ1) is 24.3. The van der Waals surface area contributed by atoms with E-state index in [1.807, 2.05) is 27.7 Å². The number of nitrogens with one attached hydrogen (secondary N) is 1. The van der Waals surface area contributed by atoms with Gasteiger partial charge in [-0.25, -0.2) is 13.1 Å². The lowest BCUT2D eigenvalue weighted by Crippen LogP contribution is -2.51. The van der Waals surface area contributed by atoms with E-state index >= 15 is 0 Å². The fourth-order valence-electron chi connectivity index (χ4n) is 3.49. The van der Waals surface area contributed by atoms with Gasteiger partial charge in [-0.05, 0) is 54.1 Å². The van der Waals surface area contributed by atoms with Gasteiger partial charge in [0.15, 0.2) is 5.54 Å². The summed E-state index contributed by atoms with van der Waals surface area (Å²) in [5, 5.41) is 0.193. The Kier molecular flexibility index (Phi) is 7.58. The van der Waals surface area contributed by atoms with Gasteiger partial charge in [0.2, 0.25) is 15.1 Å².